The van der Waals surface area contributed by atoms with Gasteiger partial charge in [-0.1, -0.05) is 12.2 Å². The minimum atomic E-state index is -0.433. The zero-order valence-corrected chi connectivity index (χ0v) is 13.3. The fourth-order valence-electron chi connectivity index (χ4n) is 5.05. The first-order chi connectivity index (χ1) is 11.0. The van der Waals surface area contributed by atoms with E-state index in [1.54, 1.807) is 12.1 Å². The Morgan fingerprint density at radius 2 is 1.96 bits per heavy atom. The maximum absolute atomic E-state index is 11.0. The Hall–Kier alpha value is -2.04. The normalized spacial score (nSPS) is 34.5. The van der Waals surface area contributed by atoms with Crippen molar-refractivity contribution < 1.29 is 14.4 Å². The molecule has 0 aromatic heterocycles. The number of nitro benzene ring substituents is 1. The van der Waals surface area contributed by atoms with Crippen LogP contribution in [0.25, 0.3) is 0 Å². The van der Waals surface area contributed by atoms with Crippen LogP contribution < -0.4 is 9.47 Å². The lowest BCUT2D eigenvalue weighted by Crippen LogP contribution is -2.54. The van der Waals surface area contributed by atoms with E-state index in [-0.39, 0.29) is 17.0 Å². The third-order valence-corrected chi connectivity index (χ3v) is 5.86. The van der Waals surface area contributed by atoms with E-state index in [0.29, 0.717) is 17.6 Å². The molecule has 4 fully saturated rings. The standard InChI is InChI=1S/C18H21NO4/c1-11-13-5-12-6-14(11)10-18(8-12,9-13)23-15-3-4-16(19(20)21)17(7-15)22-2/h3-4,7,12-14H,1,5-6,8-10H2,2H3. The van der Waals surface area contributed by atoms with Gasteiger partial charge in [0.05, 0.1) is 12.0 Å². The van der Waals surface area contributed by atoms with Crippen LogP contribution in [0, 0.1) is 27.9 Å². The molecule has 4 aliphatic rings. The molecule has 4 aliphatic carbocycles. The second kappa shape index (κ2) is 4.98. The molecular weight excluding hydrogens is 294 g/mol. The Morgan fingerprint density at radius 1 is 1.26 bits per heavy atom. The molecule has 5 heteroatoms. The summed E-state index contributed by atoms with van der Waals surface area (Å²) in [7, 11) is 1.45. The van der Waals surface area contributed by atoms with E-state index in [4.69, 9.17) is 9.47 Å². The van der Waals surface area contributed by atoms with Crippen molar-refractivity contribution in [2.45, 2.75) is 37.7 Å². The number of ether oxygens (including phenoxy) is 2. The van der Waals surface area contributed by atoms with E-state index in [9.17, 15) is 10.1 Å². The fraction of sp³-hybridized carbons (Fsp3) is 0.556. The molecule has 0 saturated heterocycles. The second-order valence-corrected chi connectivity index (χ2v) is 7.29. The van der Waals surface area contributed by atoms with Crippen LogP contribution in [-0.2, 0) is 0 Å². The Morgan fingerprint density at radius 3 is 2.57 bits per heavy atom. The Labute approximate surface area is 135 Å². The van der Waals surface area contributed by atoms with Gasteiger partial charge < -0.3 is 9.47 Å². The van der Waals surface area contributed by atoms with Gasteiger partial charge in [0.1, 0.15) is 11.4 Å². The van der Waals surface area contributed by atoms with Gasteiger partial charge in [-0.05, 0) is 55.9 Å². The SMILES string of the molecule is C=C1C2CC3CC1CC(Oc1ccc([N+](=O)[O-])c(OC)c1)(C3)C2. The number of methoxy groups -OCH3 is 1. The van der Waals surface area contributed by atoms with Gasteiger partial charge in [-0.3, -0.25) is 10.1 Å². The molecule has 2 atom stereocenters. The number of allylic oxidation sites excluding steroid dienone is 1. The number of rotatable bonds is 4. The van der Waals surface area contributed by atoms with Crippen molar-refractivity contribution in [2.75, 3.05) is 7.11 Å². The van der Waals surface area contributed by atoms with Gasteiger partial charge in [-0.25, -0.2) is 0 Å². The monoisotopic (exact) mass is 315 g/mol. The first-order valence-electron chi connectivity index (χ1n) is 8.20. The zero-order chi connectivity index (χ0) is 16.2. The van der Waals surface area contributed by atoms with Gasteiger partial charge in [-0.15, -0.1) is 0 Å². The summed E-state index contributed by atoms with van der Waals surface area (Å²) in [6.07, 6.45) is 5.65. The van der Waals surface area contributed by atoms with Crippen LogP contribution >= 0.6 is 0 Å². The molecule has 0 N–H and O–H groups in total. The van der Waals surface area contributed by atoms with Crippen molar-refractivity contribution in [2.24, 2.45) is 17.8 Å². The molecule has 1 aromatic carbocycles. The van der Waals surface area contributed by atoms with Crippen LogP contribution in [-0.4, -0.2) is 17.6 Å². The van der Waals surface area contributed by atoms with Crippen molar-refractivity contribution in [3.05, 3.63) is 40.5 Å². The van der Waals surface area contributed by atoms with Crippen molar-refractivity contribution >= 4 is 5.69 Å². The van der Waals surface area contributed by atoms with Gasteiger partial charge in [-0.2, -0.15) is 0 Å². The molecule has 5 rings (SSSR count). The van der Waals surface area contributed by atoms with E-state index in [1.165, 1.54) is 31.6 Å². The van der Waals surface area contributed by atoms with Crippen molar-refractivity contribution in [3.63, 3.8) is 0 Å². The fourth-order valence-corrected chi connectivity index (χ4v) is 5.05. The van der Waals surface area contributed by atoms with Crippen LogP contribution in [0.4, 0.5) is 5.69 Å². The highest BCUT2D eigenvalue weighted by molar-refractivity contribution is 5.50. The first kappa shape index (κ1) is 14.5. The predicted molar refractivity (Wildman–Crippen MR) is 85.7 cm³/mol. The number of hydrogen-bond donors (Lipinski definition) is 0. The summed E-state index contributed by atoms with van der Waals surface area (Å²) >= 11 is 0. The number of nitrogens with zero attached hydrogens (tertiary/aromatic N) is 1. The molecular formula is C18H21NO4. The Bertz CT molecular complexity index is 666. The Balaban J connectivity index is 1.61. The molecule has 23 heavy (non-hydrogen) atoms. The summed E-state index contributed by atoms with van der Waals surface area (Å²) in [5, 5.41) is 11.0. The lowest BCUT2D eigenvalue weighted by Gasteiger charge is -2.57. The maximum atomic E-state index is 11.0. The third kappa shape index (κ3) is 2.30. The predicted octanol–water partition coefficient (Wildman–Crippen LogP) is 4.12. The van der Waals surface area contributed by atoms with E-state index in [1.807, 2.05) is 0 Å². The zero-order valence-electron chi connectivity index (χ0n) is 13.3. The minimum absolute atomic E-state index is 0.0289. The summed E-state index contributed by atoms with van der Waals surface area (Å²) in [6, 6.07) is 4.80. The number of benzene rings is 1. The lowest BCUT2D eigenvalue weighted by atomic mass is 9.52. The molecule has 2 unspecified atom stereocenters. The lowest BCUT2D eigenvalue weighted by molar-refractivity contribution is -0.385. The van der Waals surface area contributed by atoms with E-state index in [0.717, 1.165) is 25.2 Å². The van der Waals surface area contributed by atoms with Crippen LogP contribution in [0.15, 0.2) is 30.4 Å². The van der Waals surface area contributed by atoms with E-state index >= 15 is 0 Å². The minimum Gasteiger partial charge on any atom is -0.490 e. The highest BCUT2D eigenvalue weighted by atomic mass is 16.6. The van der Waals surface area contributed by atoms with Crippen LogP contribution in [0.5, 0.6) is 11.5 Å². The second-order valence-electron chi connectivity index (χ2n) is 7.29. The molecule has 0 aliphatic heterocycles. The van der Waals surface area contributed by atoms with E-state index < -0.39 is 4.92 Å². The van der Waals surface area contributed by atoms with Gasteiger partial charge in [0, 0.05) is 12.1 Å². The van der Waals surface area contributed by atoms with Crippen LogP contribution in [0.3, 0.4) is 0 Å². The van der Waals surface area contributed by atoms with Crippen LogP contribution in [0.2, 0.25) is 0 Å². The summed E-state index contributed by atoms with van der Waals surface area (Å²) < 4.78 is 11.5. The van der Waals surface area contributed by atoms with Gasteiger partial charge in [0.25, 0.3) is 0 Å². The molecule has 0 radical (unpaired) electrons. The van der Waals surface area contributed by atoms with Crippen molar-refractivity contribution in [1.82, 2.24) is 0 Å². The number of hydrogen-bond acceptors (Lipinski definition) is 4. The molecule has 4 saturated carbocycles. The summed E-state index contributed by atoms with van der Waals surface area (Å²) in [4.78, 5) is 10.6. The average Bonchev–Trinajstić information content (AvgIpc) is 2.51. The van der Waals surface area contributed by atoms with Gasteiger partial charge >= 0.3 is 5.69 Å². The average molecular weight is 315 g/mol. The molecule has 0 heterocycles. The smallest absolute Gasteiger partial charge is 0.311 e. The molecule has 5 nitrogen and oxygen atoms in total. The van der Waals surface area contributed by atoms with Crippen LogP contribution in [0.1, 0.15) is 32.1 Å². The first-order valence-corrected chi connectivity index (χ1v) is 8.20. The molecule has 122 valence electrons. The molecule has 0 spiro atoms. The summed E-state index contributed by atoms with van der Waals surface area (Å²) in [5.41, 5.74) is 1.26. The molecule has 4 bridgehead atoms. The largest absolute Gasteiger partial charge is 0.490 e. The molecule has 0 amide bonds. The highest BCUT2D eigenvalue weighted by Gasteiger charge is 2.54. The van der Waals surface area contributed by atoms with Crippen molar-refractivity contribution in [1.29, 1.82) is 0 Å². The van der Waals surface area contributed by atoms with Crippen molar-refractivity contribution in [3.8, 4) is 11.5 Å². The van der Waals surface area contributed by atoms with E-state index in [2.05, 4.69) is 6.58 Å². The highest BCUT2D eigenvalue weighted by Crippen LogP contribution is 2.59. The quantitative estimate of drug-likeness (QED) is 0.476. The number of nitro groups is 1. The maximum Gasteiger partial charge on any atom is 0.311 e. The third-order valence-electron chi connectivity index (χ3n) is 5.86. The topological polar surface area (TPSA) is 61.6 Å². The van der Waals surface area contributed by atoms with Gasteiger partial charge in [0.15, 0.2) is 0 Å². The van der Waals surface area contributed by atoms with Gasteiger partial charge in [0.2, 0.25) is 5.75 Å². The Kier molecular flexibility index (Phi) is 3.15. The summed E-state index contributed by atoms with van der Waals surface area (Å²) in [5.74, 6) is 2.82. The summed E-state index contributed by atoms with van der Waals surface area (Å²) in [6.45, 7) is 4.30. The molecule has 1 aromatic rings.